The Kier molecular flexibility index (Phi) is 17.3. The summed E-state index contributed by atoms with van der Waals surface area (Å²) in [5.41, 5.74) is 3.90. The zero-order chi connectivity index (χ0) is 20.7. The summed E-state index contributed by atoms with van der Waals surface area (Å²) in [4.78, 5) is 0. The molecule has 0 aromatic heterocycles. The first kappa shape index (κ1) is 29.5. The summed E-state index contributed by atoms with van der Waals surface area (Å²) < 4.78 is 10.8. The number of ether oxygens (including phenoxy) is 2. The minimum absolute atomic E-state index is 0. The second kappa shape index (κ2) is 18.1. The third kappa shape index (κ3) is 11.1. The largest absolute Gasteiger partial charge is 0.493 e. The summed E-state index contributed by atoms with van der Waals surface area (Å²) in [7, 11) is 3.38. The highest BCUT2D eigenvalue weighted by molar-refractivity contribution is 5.85. The van der Waals surface area contributed by atoms with Crippen LogP contribution in [0, 0.1) is 6.92 Å². The number of rotatable bonds is 15. The first-order chi connectivity index (χ1) is 14.3. The van der Waals surface area contributed by atoms with Crippen molar-refractivity contribution >= 4 is 24.8 Å². The number of nitrogens with one attached hydrogen (secondary N) is 2. The minimum atomic E-state index is 0. The minimum Gasteiger partial charge on any atom is -0.493 e. The van der Waals surface area contributed by atoms with Crippen LogP contribution < -0.4 is 20.1 Å². The maximum atomic E-state index is 5.49. The van der Waals surface area contributed by atoms with E-state index in [9.17, 15) is 0 Å². The fourth-order valence-corrected chi connectivity index (χ4v) is 3.60. The van der Waals surface area contributed by atoms with E-state index in [2.05, 4.69) is 54.0 Å². The molecular weight excluding hydrogens is 431 g/mol. The Labute approximate surface area is 201 Å². The maximum Gasteiger partial charge on any atom is 0.163 e. The second-order valence-corrected chi connectivity index (χ2v) is 7.49. The van der Waals surface area contributed by atoms with Gasteiger partial charge in [-0.1, -0.05) is 49.2 Å². The molecule has 0 amide bonds. The van der Waals surface area contributed by atoms with Crippen LogP contribution in [0.15, 0.2) is 42.5 Å². The molecule has 31 heavy (non-hydrogen) atoms. The van der Waals surface area contributed by atoms with E-state index in [-0.39, 0.29) is 24.8 Å². The summed E-state index contributed by atoms with van der Waals surface area (Å²) >= 11 is 0. The van der Waals surface area contributed by atoms with Crippen molar-refractivity contribution in [3.63, 3.8) is 0 Å². The van der Waals surface area contributed by atoms with Crippen molar-refractivity contribution in [3.8, 4) is 11.5 Å². The van der Waals surface area contributed by atoms with Gasteiger partial charge in [0.25, 0.3) is 0 Å². The van der Waals surface area contributed by atoms with E-state index in [1.807, 2.05) is 6.07 Å². The number of hydrogen-bond acceptors (Lipinski definition) is 4. The molecule has 0 bridgehead atoms. The highest BCUT2D eigenvalue weighted by Gasteiger charge is 2.10. The molecule has 0 atom stereocenters. The van der Waals surface area contributed by atoms with Crippen LogP contribution in [0.25, 0.3) is 0 Å². The lowest BCUT2D eigenvalue weighted by Crippen LogP contribution is -2.19. The lowest BCUT2D eigenvalue weighted by molar-refractivity contribution is 0.352. The Bertz CT molecular complexity index is 699. The average molecular weight is 472 g/mol. The normalized spacial score (nSPS) is 10.2. The van der Waals surface area contributed by atoms with Crippen molar-refractivity contribution < 1.29 is 9.47 Å². The summed E-state index contributed by atoms with van der Waals surface area (Å²) in [6, 6.07) is 14.8. The van der Waals surface area contributed by atoms with Gasteiger partial charge in [-0.2, -0.15) is 0 Å². The Morgan fingerprint density at radius 1 is 0.677 bits per heavy atom. The van der Waals surface area contributed by atoms with Gasteiger partial charge in [0.2, 0.25) is 0 Å². The van der Waals surface area contributed by atoms with Gasteiger partial charge in [0.15, 0.2) is 11.5 Å². The molecule has 2 aromatic carbocycles. The molecule has 2 aromatic rings. The van der Waals surface area contributed by atoms with E-state index < -0.39 is 0 Å². The monoisotopic (exact) mass is 470 g/mol. The predicted molar refractivity (Wildman–Crippen MR) is 137 cm³/mol. The van der Waals surface area contributed by atoms with Gasteiger partial charge >= 0.3 is 0 Å². The number of hydrogen-bond donors (Lipinski definition) is 2. The number of unbranched alkanes of at least 4 members (excludes halogenated alkanes) is 3. The quantitative estimate of drug-likeness (QED) is 0.342. The lowest BCUT2D eigenvalue weighted by Gasteiger charge is -2.14. The smallest absolute Gasteiger partial charge is 0.163 e. The van der Waals surface area contributed by atoms with E-state index in [0.717, 1.165) is 50.5 Å². The molecule has 0 aliphatic rings. The fourth-order valence-electron chi connectivity index (χ4n) is 3.60. The first-order valence-electron chi connectivity index (χ1n) is 10.9. The van der Waals surface area contributed by atoms with Crippen molar-refractivity contribution in [1.82, 2.24) is 10.6 Å². The molecule has 0 aliphatic carbocycles. The maximum absolute atomic E-state index is 5.49. The molecule has 0 heterocycles. The van der Waals surface area contributed by atoms with Crippen LogP contribution in [-0.2, 0) is 12.8 Å². The van der Waals surface area contributed by atoms with Crippen molar-refractivity contribution in [1.29, 1.82) is 0 Å². The highest BCUT2D eigenvalue weighted by Crippen LogP contribution is 2.32. The van der Waals surface area contributed by atoms with Gasteiger partial charge in [-0.05, 0) is 81.5 Å². The molecule has 0 aliphatic heterocycles. The molecular formula is C25H40Cl2N2O2. The standard InChI is InChI=1S/C25H38N2O2.2ClH/c1-21-23(13-14-24(28-2)25(21)29-3)16-20-27-18-10-5-4-9-17-26-19-15-22-11-7-6-8-12-22;;/h6-8,11-14,26-27H,4-5,9-10,15-20H2,1-3H3;2*1H. The van der Waals surface area contributed by atoms with Crippen molar-refractivity contribution in [2.75, 3.05) is 40.4 Å². The van der Waals surface area contributed by atoms with Crippen LogP contribution in [0.1, 0.15) is 42.4 Å². The van der Waals surface area contributed by atoms with Gasteiger partial charge in [0, 0.05) is 0 Å². The average Bonchev–Trinajstić information content (AvgIpc) is 2.75. The van der Waals surface area contributed by atoms with Gasteiger partial charge in [0.05, 0.1) is 14.2 Å². The molecule has 0 fully saturated rings. The molecule has 2 rings (SSSR count). The van der Waals surface area contributed by atoms with Crippen LogP contribution in [0.4, 0.5) is 0 Å². The van der Waals surface area contributed by atoms with Crippen LogP contribution in [0.5, 0.6) is 11.5 Å². The van der Waals surface area contributed by atoms with Gasteiger partial charge < -0.3 is 20.1 Å². The molecule has 0 unspecified atom stereocenters. The zero-order valence-corrected chi connectivity index (χ0v) is 20.9. The third-order valence-electron chi connectivity index (χ3n) is 5.37. The molecule has 176 valence electrons. The molecule has 4 nitrogen and oxygen atoms in total. The van der Waals surface area contributed by atoms with Crippen molar-refractivity contribution in [2.24, 2.45) is 0 Å². The molecule has 2 N–H and O–H groups in total. The third-order valence-corrected chi connectivity index (χ3v) is 5.37. The van der Waals surface area contributed by atoms with Gasteiger partial charge in [-0.25, -0.2) is 0 Å². The van der Waals surface area contributed by atoms with Gasteiger partial charge in [-0.3, -0.25) is 0 Å². The van der Waals surface area contributed by atoms with E-state index >= 15 is 0 Å². The summed E-state index contributed by atoms with van der Waals surface area (Å²) in [6.07, 6.45) is 7.23. The first-order valence-corrected chi connectivity index (χ1v) is 10.9. The fraction of sp³-hybridized carbons (Fsp3) is 0.520. The Morgan fingerprint density at radius 2 is 1.29 bits per heavy atom. The highest BCUT2D eigenvalue weighted by atomic mass is 35.5. The Hall–Kier alpha value is -1.46. The topological polar surface area (TPSA) is 42.5 Å². The van der Waals surface area contributed by atoms with Crippen molar-refractivity contribution in [2.45, 2.75) is 45.4 Å². The molecule has 0 radical (unpaired) electrons. The lowest BCUT2D eigenvalue weighted by atomic mass is 10.0. The van der Waals surface area contributed by atoms with E-state index in [1.165, 1.54) is 42.4 Å². The van der Waals surface area contributed by atoms with Crippen LogP contribution in [0.3, 0.4) is 0 Å². The van der Waals surface area contributed by atoms with E-state index in [1.54, 1.807) is 14.2 Å². The summed E-state index contributed by atoms with van der Waals surface area (Å²) in [6.45, 7) is 6.38. The summed E-state index contributed by atoms with van der Waals surface area (Å²) in [5, 5.41) is 7.12. The van der Waals surface area contributed by atoms with E-state index in [4.69, 9.17) is 9.47 Å². The van der Waals surface area contributed by atoms with Gasteiger partial charge in [0.1, 0.15) is 0 Å². The van der Waals surface area contributed by atoms with Crippen LogP contribution in [-0.4, -0.2) is 40.4 Å². The second-order valence-electron chi connectivity index (χ2n) is 7.49. The SMILES string of the molecule is COc1ccc(CCNCCCCCCNCCc2ccccc2)c(C)c1OC.Cl.Cl. The molecule has 0 saturated heterocycles. The predicted octanol–water partition coefficient (Wildman–Crippen LogP) is 5.38. The Morgan fingerprint density at radius 3 is 1.87 bits per heavy atom. The van der Waals surface area contributed by atoms with E-state index in [0.29, 0.717) is 0 Å². The molecule has 0 saturated carbocycles. The Balaban J connectivity index is 0.00000450. The number of benzene rings is 2. The molecule has 0 spiro atoms. The zero-order valence-electron chi connectivity index (χ0n) is 19.2. The summed E-state index contributed by atoms with van der Waals surface area (Å²) in [5.74, 6) is 1.65. The number of methoxy groups -OCH3 is 2. The molecule has 6 heteroatoms. The van der Waals surface area contributed by atoms with Gasteiger partial charge in [-0.15, -0.1) is 24.8 Å². The van der Waals surface area contributed by atoms with Crippen LogP contribution in [0.2, 0.25) is 0 Å². The van der Waals surface area contributed by atoms with Crippen molar-refractivity contribution in [3.05, 3.63) is 59.2 Å². The number of halogens is 2. The van der Waals surface area contributed by atoms with Crippen LogP contribution >= 0.6 is 24.8 Å².